The Morgan fingerprint density at radius 3 is 2.46 bits per heavy atom. The molecule has 0 radical (unpaired) electrons. The number of nitrogens with one attached hydrogen (secondary N) is 1. The highest BCUT2D eigenvalue weighted by Gasteiger charge is 2.31. The molecule has 26 heavy (non-hydrogen) atoms. The Morgan fingerprint density at radius 1 is 1.19 bits per heavy atom. The van der Waals surface area contributed by atoms with Gasteiger partial charge in [0.15, 0.2) is 0 Å². The van der Waals surface area contributed by atoms with Crippen molar-refractivity contribution >= 4 is 39.1 Å². The van der Waals surface area contributed by atoms with Crippen molar-refractivity contribution in [3.05, 3.63) is 54.1 Å². The number of nitrogens with zero attached hydrogens (tertiary/aromatic N) is 1. The zero-order valence-corrected chi connectivity index (χ0v) is 17.0. The van der Waals surface area contributed by atoms with Crippen molar-refractivity contribution in [3.63, 3.8) is 0 Å². The summed E-state index contributed by atoms with van der Waals surface area (Å²) in [6, 6.07) is 13.8. The van der Waals surface area contributed by atoms with Crippen molar-refractivity contribution in [1.82, 2.24) is 0 Å². The Balaban J connectivity index is 2.36. The topological polar surface area (TPSA) is 66.5 Å². The molecule has 5 nitrogen and oxygen atoms in total. The molecule has 0 aromatic heterocycles. The summed E-state index contributed by atoms with van der Waals surface area (Å²) in [7, 11) is -3.63. The molecule has 140 valence electrons. The molecule has 7 heteroatoms. The third-order valence-corrected chi connectivity index (χ3v) is 5.83. The Hall–Kier alpha value is -1.99. The van der Waals surface area contributed by atoms with Gasteiger partial charge in [0.25, 0.3) is 0 Å². The van der Waals surface area contributed by atoms with Crippen LogP contribution in [0, 0.1) is 6.92 Å². The Kier molecular flexibility index (Phi) is 6.72. The lowest BCUT2D eigenvalue weighted by atomic mass is 10.1. The first-order valence-corrected chi connectivity index (χ1v) is 11.3. The van der Waals surface area contributed by atoms with Crippen molar-refractivity contribution < 1.29 is 13.2 Å². The predicted octanol–water partition coefficient (Wildman–Crippen LogP) is 3.90. The van der Waals surface area contributed by atoms with Gasteiger partial charge in [-0.1, -0.05) is 25.1 Å². The minimum atomic E-state index is -3.63. The minimum Gasteiger partial charge on any atom is -0.324 e. The molecular formula is C19H24N2O3S2. The number of thioether (sulfide) groups is 1. The lowest BCUT2D eigenvalue weighted by Gasteiger charge is -2.30. The van der Waals surface area contributed by atoms with Crippen molar-refractivity contribution in [2.75, 3.05) is 22.1 Å². The molecule has 0 unspecified atom stereocenters. The molecule has 0 spiro atoms. The molecule has 2 rings (SSSR count). The fraction of sp³-hybridized carbons (Fsp3) is 0.316. The van der Waals surface area contributed by atoms with Gasteiger partial charge in [-0.3, -0.25) is 9.10 Å². The van der Waals surface area contributed by atoms with Crippen LogP contribution in [0.5, 0.6) is 0 Å². The van der Waals surface area contributed by atoms with Crippen molar-refractivity contribution in [2.24, 2.45) is 0 Å². The predicted molar refractivity (Wildman–Crippen MR) is 109 cm³/mol. The van der Waals surface area contributed by atoms with E-state index in [1.165, 1.54) is 4.31 Å². The lowest BCUT2D eigenvalue weighted by molar-refractivity contribution is -0.117. The van der Waals surface area contributed by atoms with Crippen LogP contribution < -0.4 is 9.62 Å². The molecule has 0 aliphatic heterocycles. The number of aryl methyl sites for hydroxylation is 1. The van der Waals surface area contributed by atoms with Crippen LogP contribution in [0.1, 0.15) is 18.9 Å². The van der Waals surface area contributed by atoms with E-state index in [4.69, 9.17) is 0 Å². The smallest absolute Gasteiger partial charge is 0.248 e. The maximum absolute atomic E-state index is 12.9. The summed E-state index contributed by atoms with van der Waals surface area (Å²) in [5, 5.41) is 2.85. The van der Waals surface area contributed by atoms with Crippen molar-refractivity contribution in [1.29, 1.82) is 0 Å². The Bertz CT molecular complexity index is 882. The van der Waals surface area contributed by atoms with Gasteiger partial charge >= 0.3 is 0 Å². The minimum absolute atomic E-state index is 0.349. The molecule has 0 saturated heterocycles. The van der Waals surface area contributed by atoms with Crippen LogP contribution in [0.25, 0.3) is 0 Å². The van der Waals surface area contributed by atoms with Gasteiger partial charge in [-0.05, 0) is 55.5 Å². The van der Waals surface area contributed by atoms with E-state index >= 15 is 0 Å². The Labute approximate surface area is 159 Å². The molecule has 1 amide bonds. The first kappa shape index (κ1) is 20.3. The van der Waals surface area contributed by atoms with E-state index in [1.807, 2.05) is 37.4 Å². The number of carbonyl (C=O) groups is 1. The van der Waals surface area contributed by atoms with Crippen LogP contribution in [0.3, 0.4) is 0 Å². The van der Waals surface area contributed by atoms with Gasteiger partial charge in [-0.15, -0.1) is 11.8 Å². The second-order valence-electron chi connectivity index (χ2n) is 6.04. The molecule has 2 aromatic carbocycles. The molecule has 0 saturated carbocycles. The monoisotopic (exact) mass is 392 g/mol. The fourth-order valence-electron chi connectivity index (χ4n) is 2.75. The van der Waals surface area contributed by atoms with E-state index in [1.54, 1.807) is 43.0 Å². The first-order chi connectivity index (χ1) is 12.3. The van der Waals surface area contributed by atoms with Crippen LogP contribution in [0.4, 0.5) is 11.4 Å². The number of rotatable bonds is 7. The molecular weight excluding hydrogens is 368 g/mol. The highest BCUT2D eigenvalue weighted by molar-refractivity contribution is 7.98. The van der Waals surface area contributed by atoms with E-state index in [2.05, 4.69) is 5.32 Å². The summed E-state index contributed by atoms with van der Waals surface area (Å²) in [4.78, 5) is 13.9. The quantitative estimate of drug-likeness (QED) is 0.726. The summed E-state index contributed by atoms with van der Waals surface area (Å²) in [5.41, 5.74) is 2.07. The lowest BCUT2D eigenvalue weighted by Crippen LogP contribution is -2.47. The molecule has 2 aromatic rings. The van der Waals surface area contributed by atoms with Gasteiger partial charge < -0.3 is 5.32 Å². The molecule has 1 N–H and O–H groups in total. The largest absolute Gasteiger partial charge is 0.324 e. The summed E-state index contributed by atoms with van der Waals surface area (Å²) >= 11 is 1.58. The molecule has 0 fully saturated rings. The van der Waals surface area contributed by atoms with E-state index < -0.39 is 16.1 Å². The van der Waals surface area contributed by atoms with E-state index in [9.17, 15) is 13.2 Å². The number of anilines is 2. The molecule has 0 aliphatic carbocycles. The number of amides is 1. The normalized spacial score (nSPS) is 12.5. The SMILES string of the molecule is CC[C@@H](C(=O)Nc1cccc(SC)c1)N(c1cccc(C)c1)S(C)(=O)=O. The van der Waals surface area contributed by atoms with Gasteiger partial charge in [0.2, 0.25) is 15.9 Å². The maximum Gasteiger partial charge on any atom is 0.248 e. The Morgan fingerprint density at radius 2 is 1.88 bits per heavy atom. The second kappa shape index (κ2) is 8.60. The number of hydrogen-bond acceptors (Lipinski definition) is 4. The maximum atomic E-state index is 12.9. The number of carbonyl (C=O) groups excluding carboxylic acids is 1. The fourth-order valence-corrected chi connectivity index (χ4v) is 4.41. The highest BCUT2D eigenvalue weighted by atomic mass is 32.2. The van der Waals surface area contributed by atoms with Gasteiger partial charge in [0.05, 0.1) is 11.9 Å². The van der Waals surface area contributed by atoms with Gasteiger partial charge in [0, 0.05) is 10.6 Å². The standard InChI is InChI=1S/C19H24N2O3S2/c1-5-18(19(22)20-15-9-7-11-17(13-15)25-3)21(26(4,23)24)16-10-6-8-14(2)12-16/h6-13,18H,5H2,1-4H3,(H,20,22)/t18-/m0/s1. The number of sulfonamides is 1. The third kappa shape index (κ3) is 5.02. The van der Waals surface area contributed by atoms with Crippen LogP contribution >= 0.6 is 11.8 Å². The van der Waals surface area contributed by atoms with E-state index in [0.717, 1.165) is 16.7 Å². The van der Waals surface area contributed by atoms with Crippen LogP contribution in [0.2, 0.25) is 0 Å². The molecule has 1 atom stereocenters. The first-order valence-electron chi connectivity index (χ1n) is 8.27. The van der Waals surface area contributed by atoms with E-state index in [0.29, 0.717) is 17.8 Å². The zero-order valence-electron chi connectivity index (χ0n) is 15.4. The zero-order chi connectivity index (χ0) is 19.3. The summed E-state index contributed by atoms with van der Waals surface area (Å²) in [6.07, 6.45) is 3.44. The number of benzene rings is 2. The molecule has 0 aliphatic rings. The second-order valence-corrected chi connectivity index (χ2v) is 8.78. The van der Waals surface area contributed by atoms with Gasteiger partial charge in [-0.2, -0.15) is 0 Å². The summed E-state index contributed by atoms with van der Waals surface area (Å²) < 4.78 is 26.1. The third-order valence-electron chi connectivity index (χ3n) is 3.92. The highest BCUT2D eigenvalue weighted by Crippen LogP contribution is 2.25. The summed E-state index contributed by atoms with van der Waals surface area (Å²) in [6.45, 7) is 3.69. The van der Waals surface area contributed by atoms with Crippen molar-refractivity contribution in [2.45, 2.75) is 31.2 Å². The summed E-state index contributed by atoms with van der Waals surface area (Å²) in [5.74, 6) is -0.349. The van der Waals surface area contributed by atoms with Crippen LogP contribution in [0.15, 0.2) is 53.4 Å². The van der Waals surface area contributed by atoms with Crippen molar-refractivity contribution in [3.8, 4) is 0 Å². The molecule has 0 heterocycles. The average Bonchev–Trinajstić information content (AvgIpc) is 2.58. The van der Waals surface area contributed by atoms with Crippen LogP contribution in [-0.2, 0) is 14.8 Å². The average molecular weight is 393 g/mol. The number of hydrogen-bond donors (Lipinski definition) is 1. The van der Waals surface area contributed by atoms with E-state index in [-0.39, 0.29) is 5.91 Å². The molecule has 0 bridgehead atoms. The van der Waals surface area contributed by atoms with Crippen LogP contribution in [-0.4, -0.2) is 32.9 Å². The van der Waals surface area contributed by atoms with Gasteiger partial charge in [-0.25, -0.2) is 8.42 Å². The van der Waals surface area contributed by atoms with Gasteiger partial charge in [0.1, 0.15) is 6.04 Å².